The lowest BCUT2D eigenvalue weighted by Crippen LogP contribution is -2.13. The van der Waals surface area contributed by atoms with Gasteiger partial charge >= 0.3 is 0 Å². The number of carbonyl (C=O) groups is 1. The van der Waals surface area contributed by atoms with E-state index >= 15 is 0 Å². The van der Waals surface area contributed by atoms with Crippen LogP contribution in [0.2, 0.25) is 0 Å². The maximum Gasteiger partial charge on any atom is 0.275 e. The highest BCUT2D eigenvalue weighted by Gasteiger charge is 2.26. The molecule has 2 heterocycles. The van der Waals surface area contributed by atoms with Gasteiger partial charge in [-0.3, -0.25) is 4.79 Å². The van der Waals surface area contributed by atoms with Gasteiger partial charge in [0.25, 0.3) is 5.91 Å². The van der Waals surface area contributed by atoms with Crippen LogP contribution < -0.4 is 5.32 Å². The number of hydrogen-bond donors (Lipinski definition) is 2. The number of aromatic amines is 1. The summed E-state index contributed by atoms with van der Waals surface area (Å²) in [7, 11) is 0. The number of para-hydroxylation sites is 2. The molecule has 0 spiro atoms. The Kier molecular flexibility index (Phi) is 3.65. The Labute approximate surface area is 163 Å². The van der Waals surface area contributed by atoms with Crippen molar-refractivity contribution in [3.63, 3.8) is 0 Å². The van der Waals surface area contributed by atoms with E-state index in [-0.39, 0.29) is 5.91 Å². The van der Waals surface area contributed by atoms with Crippen molar-refractivity contribution in [1.29, 1.82) is 0 Å². The molecule has 0 unspecified atom stereocenters. The Hall–Kier alpha value is -3.25. The number of nitrogens with zero attached hydrogens (tertiary/aromatic N) is 2. The molecule has 5 nitrogen and oxygen atoms in total. The number of rotatable bonds is 2. The van der Waals surface area contributed by atoms with E-state index in [0.29, 0.717) is 11.4 Å². The fourth-order valence-corrected chi connectivity index (χ4v) is 3.51. The van der Waals surface area contributed by atoms with Crippen molar-refractivity contribution in [2.75, 3.05) is 5.32 Å². The third kappa shape index (κ3) is 2.84. The molecule has 0 radical (unpaired) electrons. The number of amides is 1. The number of aliphatic imine (C=N–C) groups is 1. The van der Waals surface area contributed by atoms with Crippen molar-refractivity contribution in [2.24, 2.45) is 4.99 Å². The Morgan fingerprint density at radius 3 is 2.59 bits per heavy atom. The SMILES string of the molecule is O=C1Nc2ccc(Br)cc2C1=Nc1ccc(-c2nc3ccccc3[nH]2)cc1. The van der Waals surface area contributed by atoms with Gasteiger partial charge in [-0.25, -0.2) is 9.98 Å². The van der Waals surface area contributed by atoms with Crippen LogP contribution in [0.25, 0.3) is 22.4 Å². The lowest BCUT2D eigenvalue weighted by Gasteiger charge is -2.01. The van der Waals surface area contributed by atoms with Gasteiger partial charge in [-0.15, -0.1) is 0 Å². The largest absolute Gasteiger partial charge is 0.338 e. The minimum atomic E-state index is -0.190. The molecule has 0 fully saturated rings. The Morgan fingerprint density at radius 2 is 1.78 bits per heavy atom. The second-order valence-electron chi connectivity index (χ2n) is 6.25. The topological polar surface area (TPSA) is 70.1 Å². The van der Waals surface area contributed by atoms with Crippen LogP contribution in [0.5, 0.6) is 0 Å². The van der Waals surface area contributed by atoms with Crippen LogP contribution in [0.4, 0.5) is 11.4 Å². The molecule has 4 aromatic rings. The van der Waals surface area contributed by atoms with E-state index in [4.69, 9.17) is 0 Å². The zero-order valence-electron chi connectivity index (χ0n) is 14.0. The molecule has 1 aliphatic heterocycles. The lowest BCUT2D eigenvalue weighted by molar-refractivity contribution is -0.110. The van der Waals surface area contributed by atoms with Crippen LogP contribution in [-0.2, 0) is 4.79 Å². The van der Waals surface area contributed by atoms with Gasteiger partial charge in [0.1, 0.15) is 11.5 Å². The second-order valence-corrected chi connectivity index (χ2v) is 7.17. The van der Waals surface area contributed by atoms with Crippen molar-refractivity contribution in [3.8, 4) is 11.4 Å². The fourth-order valence-electron chi connectivity index (χ4n) is 3.15. The van der Waals surface area contributed by atoms with Gasteiger partial charge in [-0.1, -0.05) is 28.1 Å². The molecule has 0 bridgehead atoms. The van der Waals surface area contributed by atoms with Crippen molar-refractivity contribution in [3.05, 3.63) is 76.8 Å². The summed E-state index contributed by atoms with van der Waals surface area (Å²) < 4.78 is 0.908. The highest BCUT2D eigenvalue weighted by molar-refractivity contribution is 9.10. The molecule has 130 valence electrons. The van der Waals surface area contributed by atoms with Crippen molar-refractivity contribution >= 4 is 50.0 Å². The molecule has 27 heavy (non-hydrogen) atoms. The first kappa shape index (κ1) is 16.0. The normalized spacial score (nSPS) is 14.6. The molecule has 1 aliphatic rings. The van der Waals surface area contributed by atoms with Gasteiger partial charge in [0.15, 0.2) is 0 Å². The van der Waals surface area contributed by atoms with Crippen molar-refractivity contribution < 1.29 is 4.79 Å². The van der Waals surface area contributed by atoms with E-state index < -0.39 is 0 Å². The fraction of sp³-hybridized carbons (Fsp3) is 0. The van der Waals surface area contributed by atoms with Gasteiger partial charge < -0.3 is 10.3 Å². The van der Waals surface area contributed by atoms with E-state index in [2.05, 4.69) is 36.2 Å². The number of anilines is 1. The third-order valence-electron chi connectivity index (χ3n) is 4.47. The predicted molar refractivity (Wildman–Crippen MR) is 110 cm³/mol. The van der Waals surface area contributed by atoms with Gasteiger partial charge in [0.2, 0.25) is 0 Å². The molecule has 3 aromatic carbocycles. The number of benzene rings is 3. The highest BCUT2D eigenvalue weighted by Crippen LogP contribution is 2.29. The molecule has 0 saturated carbocycles. The number of halogens is 1. The summed E-state index contributed by atoms with van der Waals surface area (Å²) in [6.45, 7) is 0. The van der Waals surface area contributed by atoms with Crippen LogP contribution in [-0.4, -0.2) is 21.6 Å². The minimum absolute atomic E-state index is 0.190. The highest BCUT2D eigenvalue weighted by atomic mass is 79.9. The van der Waals surface area contributed by atoms with E-state index in [9.17, 15) is 4.79 Å². The summed E-state index contributed by atoms with van der Waals surface area (Å²) in [5.74, 6) is 0.618. The van der Waals surface area contributed by atoms with E-state index in [1.165, 1.54) is 0 Å². The van der Waals surface area contributed by atoms with Crippen molar-refractivity contribution in [2.45, 2.75) is 0 Å². The molecule has 5 rings (SSSR count). The summed E-state index contributed by atoms with van der Waals surface area (Å²) in [5, 5.41) is 2.84. The molecule has 6 heteroatoms. The van der Waals surface area contributed by atoms with Crippen LogP contribution in [0.1, 0.15) is 5.56 Å². The summed E-state index contributed by atoms with van der Waals surface area (Å²) in [6, 6.07) is 21.3. The summed E-state index contributed by atoms with van der Waals surface area (Å²) >= 11 is 3.44. The maximum absolute atomic E-state index is 12.3. The number of fused-ring (bicyclic) bond motifs is 2. The number of imidazole rings is 1. The standard InChI is InChI=1S/C21H13BrN4O/c22-13-7-10-16-15(11-13)19(21(27)26-16)23-14-8-5-12(6-9-14)20-24-17-3-1-2-4-18(17)25-20/h1-11H,(H,24,25)(H,23,26,27). The Bertz CT molecular complexity index is 1190. The van der Waals surface area contributed by atoms with Crippen molar-refractivity contribution in [1.82, 2.24) is 9.97 Å². The summed E-state index contributed by atoms with van der Waals surface area (Å²) in [5.41, 5.74) is 5.62. The summed E-state index contributed by atoms with van der Waals surface area (Å²) in [6.07, 6.45) is 0. The molecule has 1 aromatic heterocycles. The molecular weight excluding hydrogens is 404 g/mol. The molecular formula is C21H13BrN4O. The van der Waals surface area contributed by atoms with Gasteiger partial charge in [-0.2, -0.15) is 0 Å². The van der Waals surface area contributed by atoms with Crippen LogP contribution in [0.15, 0.2) is 76.2 Å². The van der Waals surface area contributed by atoms with Crippen LogP contribution in [0, 0.1) is 0 Å². The first-order valence-electron chi connectivity index (χ1n) is 8.42. The third-order valence-corrected chi connectivity index (χ3v) is 4.96. The first-order chi connectivity index (χ1) is 13.2. The maximum atomic E-state index is 12.3. The molecule has 0 saturated heterocycles. The second kappa shape index (κ2) is 6.17. The summed E-state index contributed by atoms with van der Waals surface area (Å²) in [4.78, 5) is 24.7. The zero-order valence-corrected chi connectivity index (χ0v) is 15.6. The Balaban J connectivity index is 1.50. The smallest absolute Gasteiger partial charge is 0.275 e. The number of H-pyrrole nitrogens is 1. The van der Waals surface area contributed by atoms with E-state index in [1.807, 2.05) is 66.7 Å². The van der Waals surface area contributed by atoms with Gasteiger partial charge in [-0.05, 0) is 54.6 Å². The average molecular weight is 417 g/mol. The van der Waals surface area contributed by atoms with Gasteiger partial charge in [0, 0.05) is 15.6 Å². The number of hydrogen-bond acceptors (Lipinski definition) is 3. The monoisotopic (exact) mass is 416 g/mol. The molecule has 0 aliphatic carbocycles. The quantitative estimate of drug-likeness (QED) is 0.479. The van der Waals surface area contributed by atoms with Gasteiger partial charge in [0.05, 0.1) is 22.4 Å². The van der Waals surface area contributed by atoms with Crippen LogP contribution in [0.3, 0.4) is 0 Å². The van der Waals surface area contributed by atoms with E-state index in [1.54, 1.807) is 0 Å². The first-order valence-corrected chi connectivity index (χ1v) is 9.22. The molecule has 0 atom stereocenters. The van der Waals surface area contributed by atoms with E-state index in [0.717, 1.165) is 38.1 Å². The minimum Gasteiger partial charge on any atom is -0.338 e. The molecule has 1 amide bonds. The zero-order chi connectivity index (χ0) is 18.4. The number of aromatic nitrogens is 2. The average Bonchev–Trinajstić information content (AvgIpc) is 3.24. The predicted octanol–water partition coefficient (Wildman–Crippen LogP) is 5.07. The number of carbonyl (C=O) groups excluding carboxylic acids is 1. The Morgan fingerprint density at radius 1 is 0.963 bits per heavy atom. The lowest BCUT2D eigenvalue weighted by atomic mass is 10.1. The van der Waals surface area contributed by atoms with Crippen LogP contribution >= 0.6 is 15.9 Å². The number of nitrogens with one attached hydrogen (secondary N) is 2. The molecule has 2 N–H and O–H groups in total.